The third-order valence-electron chi connectivity index (χ3n) is 2.27. The summed E-state index contributed by atoms with van der Waals surface area (Å²) < 4.78 is 0. The highest BCUT2D eigenvalue weighted by Crippen LogP contribution is 2.25. The van der Waals surface area contributed by atoms with E-state index in [-0.39, 0.29) is 12.3 Å². The van der Waals surface area contributed by atoms with E-state index in [4.69, 9.17) is 23.2 Å². The van der Waals surface area contributed by atoms with E-state index in [1.165, 1.54) is 0 Å². The Morgan fingerprint density at radius 3 is 2.78 bits per heavy atom. The summed E-state index contributed by atoms with van der Waals surface area (Å²) in [5.74, 6) is -0.183. The van der Waals surface area contributed by atoms with Gasteiger partial charge in [-0.15, -0.1) is 0 Å². The summed E-state index contributed by atoms with van der Waals surface area (Å²) in [6.07, 6.45) is 1.85. The fourth-order valence-corrected chi connectivity index (χ4v) is 1.79. The molecule has 0 aliphatic carbocycles. The van der Waals surface area contributed by atoms with E-state index in [1.54, 1.807) is 36.5 Å². The third kappa shape index (κ3) is 3.45. The first-order chi connectivity index (χ1) is 8.65. The Bertz CT molecular complexity index is 558. The zero-order valence-corrected chi connectivity index (χ0v) is 10.9. The Kier molecular flexibility index (Phi) is 4.18. The van der Waals surface area contributed by atoms with Crippen LogP contribution in [-0.2, 0) is 11.2 Å². The van der Waals surface area contributed by atoms with Crippen molar-refractivity contribution in [2.75, 3.05) is 5.32 Å². The third-order valence-corrected chi connectivity index (χ3v) is 2.84. The van der Waals surface area contributed by atoms with Crippen molar-refractivity contribution in [2.24, 2.45) is 0 Å². The Labute approximate surface area is 115 Å². The van der Waals surface area contributed by atoms with Crippen molar-refractivity contribution in [2.45, 2.75) is 6.42 Å². The van der Waals surface area contributed by atoms with E-state index in [2.05, 4.69) is 10.3 Å². The van der Waals surface area contributed by atoms with E-state index in [1.807, 2.05) is 6.07 Å². The number of hydrogen-bond acceptors (Lipinski definition) is 2. The molecule has 2 aromatic rings. The molecule has 0 atom stereocenters. The average molecular weight is 281 g/mol. The molecule has 0 spiro atoms. The zero-order chi connectivity index (χ0) is 13.0. The van der Waals surface area contributed by atoms with Gasteiger partial charge in [0.15, 0.2) is 0 Å². The number of anilines is 1. The molecule has 0 fully saturated rings. The van der Waals surface area contributed by atoms with Crippen molar-refractivity contribution >= 4 is 34.8 Å². The van der Waals surface area contributed by atoms with Crippen LogP contribution in [0.5, 0.6) is 0 Å². The van der Waals surface area contributed by atoms with Gasteiger partial charge in [0.2, 0.25) is 5.91 Å². The Hall–Kier alpha value is -1.58. The number of rotatable bonds is 3. The highest BCUT2D eigenvalue weighted by molar-refractivity contribution is 6.35. The largest absolute Gasteiger partial charge is 0.324 e. The van der Waals surface area contributed by atoms with Crippen LogP contribution in [0.15, 0.2) is 42.6 Å². The quantitative estimate of drug-likeness (QED) is 0.934. The lowest BCUT2D eigenvalue weighted by atomic mass is 10.2. The first kappa shape index (κ1) is 12.9. The van der Waals surface area contributed by atoms with Crippen LogP contribution in [-0.4, -0.2) is 10.9 Å². The molecule has 2 rings (SSSR count). The molecule has 0 aliphatic heterocycles. The minimum atomic E-state index is -0.183. The van der Waals surface area contributed by atoms with Crippen LogP contribution < -0.4 is 5.32 Å². The van der Waals surface area contributed by atoms with Gasteiger partial charge in [0.1, 0.15) is 0 Å². The topological polar surface area (TPSA) is 42.0 Å². The van der Waals surface area contributed by atoms with Gasteiger partial charge in [0.05, 0.1) is 17.1 Å². The van der Waals surface area contributed by atoms with Gasteiger partial charge in [0, 0.05) is 16.9 Å². The van der Waals surface area contributed by atoms with E-state index >= 15 is 0 Å². The smallest absolute Gasteiger partial charge is 0.230 e. The highest BCUT2D eigenvalue weighted by atomic mass is 35.5. The number of carbonyl (C=O) groups excluding carboxylic acids is 1. The van der Waals surface area contributed by atoms with Gasteiger partial charge in [-0.25, -0.2) is 0 Å². The Morgan fingerprint density at radius 2 is 2.06 bits per heavy atom. The molecule has 3 nitrogen and oxygen atoms in total. The van der Waals surface area contributed by atoms with E-state index < -0.39 is 0 Å². The minimum Gasteiger partial charge on any atom is -0.324 e. The van der Waals surface area contributed by atoms with Crippen molar-refractivity contribution in [3.63, 3.8) is 0 Å². The predicted octanol–water partition coefficient (Wildman–Crippen LogP) is 3.57. The van der Waals surface area contributed by atoms with Crippen LogP contribution in [0.3, 0.4) is 0 Å². The molecular formula is C13H10Cl2N2O. The normalized spacial score (nSPS) is 10.1. The Morgan fingerprint density at radius 1 is 1.22 bits per heavy atom. The lowest BCUT2D eigenvalue weighted by Crippen LogP contribution is -2.15. The summed E-state index contributed by atoms with van der Waals surface area (Å²) in [4.78, 5) is 15.9. The summed E-state index contributed by atoms with van der Waals surface area (Å²) in [6, 6.07) is 10.3. The molecule has 0 saturated carbocycles. The SMILES string of the molecule is O=C(Cc1ccccn1)Nc1cc(Cl)ccc1Cl. The predicted molar refractivity (Wildman–Crippen MR) is 73.0 cm³/mol. The van der Waals surface area contributed by atoms with Gasteiger partial charge >= 0.3 is 0 Å². The molecule has 0 unspecified atom stereocenters. The maximum Gasteiger partial charge on any atom is 0.230 e. The van der Waals surface area contributed by atoms with E-state index in [0.717, 1.165) is 0 Å². The monoisotopic (exact) mass is 280 g/mol. The molecule has 0 radical (unpaired) electrons. The zero-order valence-electron chi connectivity index (χ0n) is 9.36. The fourth-order valence-electron chi connectivity index (χ4n) is 1.45. The van der Waals surface area contributed by atoms with Gasteiger partial charge in [0.25, 0.3) is 0 Å². The standard InChI is InChI=1S/C13H10Cl2N2O/c14-9-4-5-11(15)12(7-9)17-13(18)8-10-3-1-2-6-16-10/h1-7H,8H2,(H,17,18). The molecule has 1 heterocycles. The van der Waals surface area contributed by atoms with Crippen LogP contribution in [0.25, 0.3) is 0 Å². The minimum absolute atomic E-state index is 0.183. The van der Waals surface area contributed by atoms with Crippen molar-refractivity contribution < 1.29 is 4.79 Å². The number of hydrogen-bond donors (Lipinski definition) is 1. The van der Waals surface area contributed by atoms with Crippen molar-refractivity contribution in [3.05, 3.63) is 58.3 Å². The molecule has 0 bridgehead atoms. The lowest BCUT2D eigenvalue weighted by Gasteiger charge is -2.07. The second-order valence-electron chi connectivity index (χ2n) is 3.67. The lowest BCUT2D eigenvalue weighted by molar-refractivity contribution is -0.115. The molecule has 1 aromatic heterocycles. The number of nitrogens with zero attached hydrogens (tertiary/aromatic N) is 1. The summed E-state index contributed by atoms with van der Waals surface area (Å²) in [6.45, 7) is 0. The molecule has 5 heteroatoms. The number of aromatic nitrogens is 1. The number of nitrogens with one attached hydrogen (secondary N) is 1. The van der Waals surface area contributed by atoms with Gasteiger partial charge < -0.3 is 5.32 Å². The molecule has 1 N–H and O–H groups in total. The van der Waals surface area contributed by atoms with Gasteiger partial charge in [-0.3, -0.25) is 9.78 Å². The maximum absolute atomic E-state index is 11.8. The van der Waals surface area contributed by atoms with Crippen LogP contribution >= 0.6 is 23.2 Å². The second-order valence-corrected chi connectivity index (χ2v) is 4.51. The molecule has 0 saturated heterocycles. The van der Waals surface area contributed by atoms with Crippen molar-refractivity contribution in [1.29, 1.82) is 0 Å². The summed E-state index contributed by atoms with van der Waals surface area (Å²) in [5, 5.41) is 3.68. The second kappa shape index (κ2) is 5.85. The van der Waals surface area contributed by atoms with Gasteiger partial charge in [-0.05, 0) is 30.3 Å². The molecule has 0 aliphatic rings. The molecule has 1 amide bonds. The molecule has 1 aromatic carbocycles. The van der Waals surface area contributed by atoms with Crippen LogP contribution in [0.2, 0.25) is 10.0 Å². The highest BCUT2D eigenvalue weighted by Gasteiger charge is 2.07. The summed E-state index contributed by atoms with van der Waals surface area (Å²) in [5.41, 5.74) is 1.21. The van der Waals surface area contributed by atoms with Crippen LogP contribution in [0.1, 0.15) is 5.69 Å². The number of amides is 1. The molecule has 18 heavy (non-hydrogen) atoms. The fraction of sp³-hybridized carbons (Fsp3) is 0.0769. The van der Waals surface area contributed by atoms with E-state index in [0.29, 0.717) is 21.4 Å². The Balaban J connectivity index is 2.05. The number of benzene rings is 1. The van der Waals surface area contributed by atoms with E-state index in [9.17, 15) is 4.79 Å². The van der Waals surface area contributed by atoms with Gasteiger partial charge in [-0.2, -0.15) is 0 Å². The van der Waals surface area contributed by atoms with Crippen LogP contribution in [0.4, 0.5) is 5.69 Å². The van der Waals surface area contributed by atoms with Crippen LogP contribution in [0, 0.1) is 0 Å². The number of pyridine rings is 1. The average Bonchev–Trinajstić information content (AvgIpc) is 2.35. The first-order valence-electron chi connectivity index (χ1n) is 5.30. The first-order valence-corrected chi connectivity index (χ1v) is 6.05. The van der Waals surface area contributed by atoms with Gasteiger partial charge in [-0.1, -0.05) is 29.3 Å². The number of halogens is 2. The van der Waals surface area contributed by atoms with Crippen molar-refractivity contribution in [1.82, 2.24) is 4.98 Å². The van der Waals surface area contributed by atoms with Crippen molar-refractivity contribution in [3.8, 4) is 0 Å². The summed E-state index contributed by atoms with van der Waals surface area (Å²) in [7, 11) is 0. The maximum atomic E-state index is 11.8. The molecular weight excluding hydrogens is 271 g/mol. The molecule has 92 valence electrons. The number of carbonyl (C=O) groups is 1. The summed E-state index contributed by atoms with van der Waals surface area (Å²) >= 11 is 11.8.